The number of carbonyl (C=O) groups is 5. The van der Waals surface area contributed by atoms with Gasteiger partial charge in [-0.1, -0.05) is 6.42 Å². The molecule has 0 saturated carbocycles. The molecule has 3 rings (SSSR count). The van der Waals surface area contributed by atoms with Gasteiger partial charge in [0.1, 0.15) is 17.7 Å². The van der Waals surface area contributed by atoms with Crippen LogP contribution < -0.4 is 21.3 Å². The van der Waals surface area contributed by atoms with Gasteiger partial charge in [-0.15, -0.1) is 0 Å². The van der Waals surface area contributed by atoms with Crippen molar-refractivity contribution in [3.05, 3.63) is 0 Å². The van der Waals surface area contributed by atoms with Crippen LogP contribution in [0.25, 0.3) is 0 Å². The number of amides is 5. The SMILES string of the molecule is CC(C)(C)OC(=O)N1CCC[C@@H]1C(=O)N[C@@H](CCCCNC(=O)CCCC[C@@H]1SC[C@@H]2NC(=O)N[C@@H]21)C(=O)O. The van der Waals surface area contributed by atoms with Crippen molar-refractivity contribution in [1.29, 1.82) is 0 Å². The van der Waals surface area contributed by atoms with E-state index in [1.165, 1.54) is 4.90 Å². The number of carboxylic acid groups (broad SMARTS) is 1. The van der Waals surface area contributed by atoms with Gasteiger partial charge < -0.3 is 31.1 Å². The van der Waals surface area contributed by atoms with E-state index in [1.807, 2.05) is 11.8 Å². The first-order valence-corrected chi connectivity index (χ1v) is 15.0. The van der Waals surface area contributed by atoms with E-state index < -0.39 is 35.7 Å². The highest BCUT2D eigenvalue weighted by Gasteiger charge is 2.42. The van der Waals surface area contributed by atoms with Gasteiger partial charge in [-0.2, -0.15) is 11.8 Å². The minimum Gasteiger partial charge on any atom is -0.480 e. The number of carbonyl (C=O) groups excluding carboxylic acids is 4. The molecule has 0 spiro atoms. The second-order valence-corrected chi connectivity index (χ2v) is 12.7. The largest absolute Gasteiger partial charge is 0.480 e. The van der Waals surface area contributed by atoms with E-state index in [-0.39, 0.29) is 30.4 Å². The van der Waals surface area contributed by atoms with Crippen LogP contribution in [0.1, 0.15) is 78.6 Å². The van der Waals surface area contributed by atoms with Gasteiger partial charge in [0, 0.05) is 30.5 Å². The Morgan fingerprint density at radius 1 is 1.15 bits per heavy atom. The maximum Gasteiger partial charge on any atom is 0.410 e. The van der Waals surface area contributed by atoms with Gasteiger partial charge in [0.2, 0.25) is 11.8 Å². The zero-order valence-electron chi connectivity index (χ0n) is 23.1. The maximum atomic E-state index is 12.8. The minimum absolute atomic E-state index is 0.0330. The summed E-state index contributed by atoms with van der Waals surface area (Å²) in [6.45, 7) is 6.08. The summed E-state index contributed by atoms with van der Waals surface area (Å²) in [5, 5.41) is 21.3. The van der Waals surface area contributed by atoms with Crippen LogP contribution in [-0.4, -0.2) is 93.8 Å². The lowest BCUT2D eigenvalue weighted by Gasteiger charge is -2.28. The van der Waals surface area contributed by atoms with Gasteiger partial charge in [-0.3, -0.25) is 14.5 Å². The lowest BCUT2D eigenvalue weighted by molar-refractivity contribution is -0.142. The molecule has 220 valence electrons. The predicted molar refractivity (Wildman–Crippen MR) is 146 cm³/mol. The lowest BCUT2D eigenvalue weighted by Crippen LogP contribution is -2.51. The molecule has 3 aliphatic rings. The van der Waals surface area contributed by atoms with Crippen molar-refractivity contribution < 1.29 is 33.8 Å². The van der Waals surface area contributed by atoms with Crippen LogP contribution in [0.2, 0.25) is 0 Å². The van der Waals surface area contributed by atoms with Crippen LogP contribution in [0.5, 0.6) is 0 Å². The van der Waals surface area contributed by atoms with Crippen LogP contribution in [0.3, 0.4) is 0 Å². The third-order valence-electron chi connectivity index (χ3n) is 7.12. The first-order valence-electron chi connectivity index (χ1n) is 13.9. The van der Waals surface area contributed by atoms with Crippen molar-refractivity contribution in [3.63, 3.8) is 0 Å². The third-order valence-corrected chi connectivity index (χ3v) is 8.63. The highest BCUT2D eigenvalue weighted by molar-refractivity contribution is 8.00. The molecule has 3 aliphatic heterocycles. The van der Waals surface area contributed by atoms with Crippen molar-refractivity contribution in [3.8, 4) is 0 Å². The smallest absolute Gasteiger partial charge is 0.410 e. The minimum atomic E-state index is -1.13. The number of unbranched alkanes of at least 4 members (excludes halogenated alkanes) is 2. The average Bonchev–Trinajstić information content (AvgIpc) is 3.56. The zero-order chi connectivity index (χ0) is 28.6. The van der Waals surface area contributed by atoms with E-state index >= 15 is 0 Å². The predicted octanol–water partition coefficient (Wildman–Crippen LogP) is 1.97. The topological polar surface area (TPSA) is 166 Å². The molecule has 0 aromatic rings. The Labute approximate surface area is 234 Å². The van der Waals surface area contributed by atoms with Gasteiger partial charge in [0.25, 0.3) is 0 Å². The monoisotopic (exact) mass is 569 g/mol. The van der Waals surface area contributed by atoms with Crippen LogP contribution in [-0.2, 0) is 19.1 Å². The number of aliphatic carboxylic acids is 1. The second kappa shape index (κ2) is 14.1. The van der Waals surface area contributed by atoms with Gasteiger partial charge in [0.05, 0.1) is 12.1 Å². The van der Waals surface area contributed by atoms with E-state index in [9.17, 15) is 29.1 Å². The number of ether oxygens (including phenoxy) is 1. The van der Waals surface area contributed by atoms with Crippen molar-refractivity contribution in [2.45, 2.75) is 114 Å². The van der Waals surface area contributed by atoms with Crippen molar-refractivity contribution >= 4 is 41.7 Å². The molecule has 0 bridgehead atoms. The molecule has 3 fully saturated rings. The van der Waals surface area contributed by atoms with E-state index in [0.717, 1.165) is 25.0 Å². The molecule has 0 radical (unpaired) electrons. The van der Waals surface area contributed by atoms with E-state index in [1.54, 1.807) is 20.8 Å². The summed E-state index contributed by atoms with van der Waals surface area (Å²) >= 11 is 1.86. The number of nitrogens with one attached hydrogen (secondary N) is 4. The number of urea groups is 1. The summed E-state index contributed by atoms with van der Waals surface area (Å²) in [7, 11) is 0. The summed E-state index contributed by atoms with van der Waals surface area (Å²) in [6.07, 6.45) is 4.93. The molecule has 13 heteroatoms. The fourth-order valence-electron chi connectivity index (χ4n) is 5.17. The first kappa shape index (κ1) is 30.8. The molecule has 3 saturated heterocycles. The molecule has 5 amide bonds. The molecule has 3 heterocycles. The van der Waals surface area contributed by atoms with Crippen LogP contribution >= 0.6 is 11.8 Å². The van der Waals surface area contributed by atoms with E-state index in [0.29, 0.717) is 50.4 Å². The number of carboxylic acids is 1. The van der Waals surface area contributed by atoms with E-state index in [4.69, 9.17) is 4.74 Å². The van der Waals surface area contributed by atoms with Crippen molar-refractivity contribution in [1.82, 2.24) is 26.2 Å². The van der Waals surface area contributed by atoms with Crippen molar-refractivity contribution in [2.75, 3.05) is 18.8 Å². The summed E-state index contributed by atoms with van der Waals surface area (Å²) in [5.74, 6) is -0.730. The Balaban J connectivity index is 1.28. The molecule has 0 aromatic carbocycles. The summed E-state index contributed by atoms with van der Waals surface area (Å²) in [4.78, 5) is 61.9. The van der Waals surface area contributed by atoms with Gasteiger partial charge in [0.15, 0.2) is 0 Å². The standard InChI is InChI=1S/C26H43N5O7S/c1-26(2,3)38-25(37)31-14-8-10-18(31)22(33)28-16(23(34)35)9-6-7-13-27-20(32)12-5-4-11-19-21-17(15-39-19)29-24(36)30-21/h16-19,21H,4-15H2,1-3H3,(H,27,32)(H,28,33)(H,34,35)(H2,29,30,36)/t16-,17-,18+,19-,21-/m0/s1. The number of nitrogens with zero attached hydrogens (tertiary/aromatic N) is 1. The number of hydrogen-bond donors (Lipinski definition) is 5. The van der Waals surface area contributed by atoms with Crippen LogP contribution in [0.4, 0.5) is 9.59 Å². The fourth-order valence-corrected chi connectivity index (χ4v) is 6.71. The Morgan fingerprint density at radius 3 is 2.64 bits per heavy atom. The Bertz CT molecular complexity index is 912. The second-order valence-electron chi connectivity index (χ2n) is 11.4. The molecule has 5 atom stereocenters. The van der Waals surface area contributed by atoms with Crippen LogP contribution in [0.15, 0.2) is 0 Å². The normalized spacial score (nSPS) is 24.9. The van der Waals surface area contributed by atoms with Gasteiger partial charge >= 0.3 is 18.1 Å². The molecule has 0 unspecified atom stereocenters. The highest BCUT2D eigenvalue weighted by Crippen LogP contribution is 2.33. The first-order chi connectivity index (χ1) is 18.4. The Morgan fingerprint density at radius 2 is 1.92 bits per heavy atom. The fraction of sp³-hybridized carbons (Fsp3) is 0.808. The number of fused-ring (bicyclic) bond motifs is 1. The molecule has 39 heavy (non-hydrogen) atoms. The molecular weight excluding hydrogens is 526 g/mol. The Hall–Kier alpha value is -2.70. The van der Waals surface area contributed by atoms with Gasteiger partial charge in [-0.05, 0) is 65.7 Å². The van der Waals surface area contributed by atoms with Gasteiger partial charge in [-0.25, -0.2) is 14.4 Å². The zero-order valence-corrected chi connectivity index (χ0v) is 23.9. The van der Waals surface area contributed by atoms with Crippen LogP contribution in [0, 0.1) is 0 Å². The maximum absolute atomic E-state index is 12.8. The Kier molecular flexibility index (Phi) is 11.1. The van der Waals surface area contributed by atoms with Crippen molar-refractivity contribution in [2.24, 2.45) is 0 Å². The van der Waals surface area contributed by atoms with E-state index in [2.05, 4.69) is 21.3 Å². The summed E-state index contributed by atoms with van der Waals surface area (Å²) in [5.41, 5.74) is -0.689. The molecule has 5 N–H and O–H groups in total. The average molecular weight is 570 g/mol. The molecular formula is C26H43N5O7S. The quantitative estimate of drug-likeness (QED) is 0.166. The molecule has 0 aliphatic carbocycles. The summed E-state index contributed by atoms with van der Waals surface area (Å²) < 4.78 is 5.38. The summed E-state index contributed by atoms with van der Waals surface area (Å²) in [6, 6.07) is -1.52. The number of likely N-dealkylation sites (tertiary alicyclic amines) is 1. The molecule has 12 nitrogen and oxygen atoms in total. The highest BCUT2D eigenvalue weighted by atomic mass is 32.2. The molecule has 0 aromatic heterocycles. The number of thioether (sulfide) groups is 1. The third kappa shape index (κ3) is 9.47. The number of rotatable bonds is 13. The lowest BCUT2D eigenvalue weighted by atomic mass is 10.0. The number of hydrogen-bond acceptors (Lipinski definition) is 7.